The van der Waals surface area contributed by atoms with Crippen LogP contribution < -0.4 is 15.2 Å². The summed E-state index contributed by atoms with van der Waals surface area (Å²) in [6, 6.07) is 4.08. The van der Waals surface area contributed by atoms with Crippen molar-refractivity contribution in [2.45, 2.75) is 31.7 Å². The van der Waals surface area contributed by atoms with E-state index >= 15 is 0 Å². The molecule has 88 valence electrons. The van der Waals surface area contributed by atoms with Crippen molar-refractivity contribution in [3.8, 4) is 11.5 Å². The lowest BCUT2D eigenvalue weighted by atomic mass is 10.00. The molecule has 0 aliphatic heterocycles. The van der Waals surface area contributed by atoms with Gasteiger partial charge in [-0.15, -0.1) is 0 Å². The zero-order valence-electron chi connectivity index (χ0n) is 10.2. The molecule has 2 N–H and O–H groups in total. The summed E-state index contributed by atoms with van der Waals surface area (Å²) in [5.74, 6) is 1.80. The van der Waals surface area contributed by atoms with Gasteiger partial charge >= 0.3 is 0 Å². The van der Waals surface area contributed by atoms with Crippen LogP contribution in [0.25, 0.3) is 0 Å². The number of hydrogen-bond acceptors (Lipinski definition) is 3. The minimum Gasteiger partial charge on any atom is -0.496 e. The molecule has 0 spiro atoms. The number of ether oxygens (including phenoxy) is 2. The fourth-order valence-corrected chi connectivity index (χ4v) is 2.03. The van der Waals surface area contributed by atoms with Crippen molar-refractivity contribution in [2.24, 2.45) is 5.73 Å². The zero-order valence-corrected chi connectivity index (χ0v) is 10.2. The van der Waals surface area contributed by atoms with Gasteiger partial charge in [-0.1, -0.05) is 6.92 Å². The lowest BCUT2D eigenvalue weighted by Crippen LogP contribution is -2.20. The summed E-state index contributed by atoms with van der Waals surface area (Å²) in [6.07, 6.45) is 2.98. The highest BCUT2D eigenvalue weighted by atomic mass is 16.5. The molecule has 1 aliphatic carbocycles. The van der Waals surface area contributed by atoms with Crippen LogP contribution in [0.4, 0.5) is 0 Å². The van der Waals surface area contributed by atoms with Gasteiger partial charge in [0.25, 0.3) is 0 Å². The van der Waals surface area contributed by atoms with E-state index in [9.17, 15) is 0 Å². The van der Waals surface area contributed by atoms with Crippen LogP contribution in [0.3, 0.4) is 0 Å². The third-order valence-corrected chi connectivity index (χ3v) is 3.31. The Morgan fingerprint density at radius 3 is 2.25 bits per heavy atom. The molecular weight excluding hydrogens is 202 g/mol. The molecule has 0 bridgehead atoms. The monoisotopic (exact) mass is 221 g/mol. The second-order valence-electron chi connectivity index (χ2n) is 4.37. The van der Waals surface area contributed by atoms with Gasteiger partial charge in [0.2, 0.25) is 0 Å². The number of methoxy groups -OCH3 is 2. The molecule has 3 heteroatoms. The Kier molecular flexibility index (Phi) is 2.80. The topological polar surface area (TPSA) is 44.5 Å². The van der Waals surface area contributed by atoms with Gasteiger partial charge in [0.15, 0.2) is 0 Å². The number of hydrogen-bond donors (Lipinski definition) is 1. The van der Waals surface area contributed by atoms with Gasteiger partial charge in [-0.05, 0) is 37.0 Å². The van der Waals surface area contributed by atoms with E-state index in [1.54, 1.807) is 14.2 Å². The third kappa shape index (κ3) is 1.76. The summed E-state index contributed by atoms with van der Waals surface area (Å²) in [7, 11) is 3.39. The highest BCUT2D eigenvalue weighted by Crippen LogP contribution is 2.48. The summed E-state index contributed by atoms with van der Waals surface area (Å²) >= 11 is 0. The molecule has 0 saturated heterocycles. The van der Waals surface area contributed by atoms with E-state index in [0.717, 1.165) is 41.9 Å². The van der Waals surface area contributed by atoms with Crippen LogP contribution in [0, 0.1) is 0 Å². The predicted molar refractivity (Wildman–Crippen MR) is 64.0 cm³/mol. The molecule has 0 aromatic heterocycles. The van der Waals surface area contributed by atoms with E-state index in [4.69, 9.17) is 15.2 Å². The van der Waals surface area contributed by atoms with E-state index in [1.807, 2.05) is 12.1 Å². The number of rotatable bonds is 4. The Balaban J connectivity index is 2.51. The van der Waals surface area contributed by atoms with Crippen molar-refractivity contribution in [3.63, 3.8) is 0 Å². The fraction of sp³-hybridized carbons (Fsp3) is 0.538. The van der Waals surface area contributed by atoms with E-state index in [-0.39, 0.29) is 5.54 Å². The van der Waals surface area contributed by atoms with Crippen LogP contribution in [0.5, 0.6) is 11.5 Å². The number of nitrogens with two attached hydrogens (primary N) is 1. The van der Waals surface area contributed by atoms with Gasteiger partial charge < -0.3 is 15.2 Å². The molecule has 1 fully saturated rings. The standard InChI is InChI=1S/C13H19NO2/c1-4-9-7-12(16-3)10(8-11(9)15-2)13(14)5-6-13/h7-8H,4-6,14H2,1-3H3. The minimum atomic E-state index is -0.190. The maximum Gasteiger partial charge on any atom is 0.124 e. The quantitative estimate of drug-likeness (QED) is 0.847. The second kappa shape index (κ2) is 3.98. The minimum absolute atomic E-state index is 0.190. The second-order valence-corrected chi connectivity index (χ2v) is 4.37. The lowest BCUT2D eigenvalue weighted by molar-refractivity contribution is 0.391. The first-order chi connectivity index (χ1) is 7.64. The first-order valence-electron chi connectivity index (χ1n) is 5.69. The Morgan fingerprint density at radius 1 is 1.19 bits per heavy atom. The van der Waals surface area contributed by atoms with Crippen LogP contribution in [0.2, 0.25) is 0 Å². The molecule has 0 atom stereocenters. The first-order valence-corrected chi connectivity index (χ1v) is 5.69. The molecule has 3 nitrogen and oxygen atoms in total. The van der Waals surface area contributed by atoms with Gasteiger partial charge in [0, 0.05) is 11.1 Å². The molecule has 0 radical (unpaired) electrons. The van der Waals surface area contributed by atoms with Crippen LogP contribution in [0.1, 0.15) is 30.9 Å². The SMILES string of the molecule is CCc1cc(OC)c(C2(N)CC2)cc1OC. The van der Waals surface area contributed by atoms with Gasteiger partial charge in [0.05, 0.1) is 14.2 Å². The zero-order chi connectivity index (χ0) is 11.8. The van der Waals surface area contributed by atoms with Crippen molar-refractivity contribution in [2.75, 3.05) is 14.2 Å². The molecule has 2 rings (SSSR count). The molecule has 0 unspecified atom stereocenters. The predicted octanol–water partition coefficient (Wildman–Crippen LogP) is 2.21. The van der Waals surface area contributed by atoms with Crippen molar-refractivity contribution < 1.29 is 9.47 Å². The van der Waals surface area contributed by atoms with E-state index in [1.165, 1.54) is 0 Å². The average Bonchev–Trinajstić information content (AvgIpc) is 3.06. The summed E-state index contributed by atoms with van der Waals surface area (Å²) < 4.78 is 10.8. The Morgan fingerprint density at radius 2 is 1.81 bits per heavy atom. The highest BCUT2D eigenvalue weighted by Gasteiger charge is 2.42. The molecule has 16 heavy (non-hydrogen) atoms. The van der Waals surface area contributed by atoms with E-state index in [0.29, 0.717) is 0 Å². The van der Waals surface area contributed by atoms with Crippen molar-refractivity contribution in [1.82, 2.24) is 0 Å². The summed E-state index contributed by atoms with van der Waals surface area (Å²) in [5, 5.41) is 0. The van der Waals surface area contributed by atoms with E-state index < -0.39 is 0 Å². The maximum atomic E-state index is 6.22. The first kappa shape index (κ1) is 11.3. The van der Waals surface area contributed by atoms with Crippen LogP contribution in [-0.4, -0.2) is 14.2 Å². The molecule has 1 aromatic carbocycles. The molecule has 0 heterocycles. The maximum absolute atomic E-state index is 6.22. The summed E-state index contributed by atoms with van der Waals surface area (Å²) in [6.45, 7) is 2.10. The fourth-order valence-electron chi connectivity index (χ4n) is 2.03. The summed E-state index contributed by atoms with van der Waals surface area (Å²) in [5.41, 5.74) is 8.27. The van der Waals surface area contributed by atoms with Crippen molar-refractivity contribution in [1.29, 1.82) is 0 Å². The Hall–Kier alpha value is -1.22. The van der Waals surface area contributed by atoms with Gasteiger partial charge in [-0.25, -0.2) is 0 Å². The largest absolute Gasteiger partial charge is 0.496 e. The Labute approximate surface area is 96.5 Å². The Bertz CT molecular complexity index is 397. The normalized spacial score (nSPS) is 17.0. The molecule has 1 saturated carbocycles. The molecule has 1 aromatic rings. The lowest BCUT2D eigenvalue weighted by Gasteiger charge is -2.18. The molecule has 0 amide bonds. The van der Waals surface area contributed by atoms with Crippen LogP contribution in [0.15, 0.2) is 12.1 Å². The summed E-state index contributed by atoms with van der Waals surface area (Å²) in [4.78, 5) is 0. The smallest absolute Gasteiger partial charge is 0.124 e. The van der Waals surface area contributed by atoms with Gasteiger partial charge in [0.1, 0.15) is 11.5 Å². The van der Waals surface area contributed by atoms with Gasteiger partial charge in [-0.2, -0.15) is 0 Å². The third-order valence-electron chi connectivity index (χ3n) is 3.31. The molecular formula is C13H19NO2. The van der Waals surface area contributed by atoms with Crippen LogP contribution >= 0.6 is 0 Å². The number of aryl methyl sites for hydroxylation is 1. The van der Waals surface area contributed by atoms with Gasteiger partial charge in [-0.3, -0.25) is 0 Å². The van der Waals surface area contributed by atoms with Crippen molar-refractivity contribution >= 4 is 0 Å². The van der Waals surface area contributed by atoms with E-state index in [2.05, 4.69) is 6.92 Å². The molecule has 1 aliphatic rings. The highest BCUT2D eigenvalue weighted by molar-refractivity contribution is 5.51. The van der Waals surface area contributed by atoms with Crippen molar-refractivity contribution in [3.05, 3.63) is 23.3 Å². The average molecular weight is 221 g/mol. The number of benzene rings is 1. The van der Waals surface area contributed by atoms with Crippen LogP contribution in [-0.2, 0) is 12.0 Å².